The Hall–Kier alpha value is -0.750. The molecule has 3 N–H and O–H groups in total. The quantitative estimate of drug-likeness (QED) is 0.412. The van der Waals surface area contributed by atoms with E-state index >= 15 is 0 Å². The maximum Gasteiger partial charge on any atom is 0.182 e. The molecule has 17 heavy (non-hydrogen) atoms. The maximum absolute atomic E-state index is 5.16. The van der Waals surface area contributed by atoms with Crippen LogP contribution in [-0.4, -0.2) is 22.4 Å². The molecule has 0 heterocycles. The Morgan fingerprint density at radius 1 is 1.12 bits per heavy atom. The van der Waals surface area contributed by atoms with Crippen LogP contribution in [0, 0.1) is 0 Å². The van der Waals surface area contributed by atoms with Gasteiger partial charge in [-0.15, -0.1) is 0 Å². The van der Waals surface area contributed by atoms with Crippen molar-refractivity contribution in [1.29, 1.82) is 0 Å². The molecule has 0 aromatic carbocycles. The Kier molecular flexibility index (Phi) is 5.98. The first kappa shape index (κ1) is 16.2. The standard InChI is InChI=1S/C11H25N5S/c1-8(2)13-16-11(6,7)12-9(17)14-15-10(3,4)5/h8,15H,1-7H3,(H2,12,14,17). The van der Waals surface area contributed by atoms with Gasteiger partial charge in [0.2, 0.25) is 0 Å². The van der Waals surface area contributed by atoms with Crippen LogP contribution in [0.5, 0.6) is 0 Å². The summed E-state index contributed by atoms with van der Waals surface area (Å²) in [4.78, 5) is 0. The maximum atomic E-state index is 5.16. The molecule has 0 bridgehead atoms. The Labute approximate surface area is 110 Å². The van der Waals surface area contributed by atoms with Crippen LogP contribution in [0.15, 0.2) is 10.2 Å². The van der Waals surface area contributed by atoms with Crippen molar-refractivity contribution in [1.82, 2.24) is 16.2 Å². The van der Waals surface area contributed by atoms with Gasteiger partial charge in [-0.05, 0) is 60.7 Å². The summed E-state index contributed by atoms with van der Waals surface area (Å²) in [7, 11) is 0. The van der Waals surface area contributed by atoms with Gasteiger partial charge in [-0.1, -0.05) is 0 Å². The first-order valence-corrected chi connectivity index (χ1v) is 6.20. The van der Waals surface area contributed by atoms with Gasteiger partial charge in [-0.3, -0.25) is 5.43 Å². The summed E-state index contributed by atoms with van der Waals surface area (Å²) < 4.78 is 0. The van der Waals surface area contributed by atoms with Gasteiger partial charge in [-0.2, -0.15) is 10.2 Å². The third-order valence-corrected chi connectivity index (χ3v) is 1.71. The predicted molar refractivity (Wildman–Crippen MR) is 75.8 cm³/mol. The average molecular weight is 259 g/mol. The molecule has 0 spiro atoms. The highest BCUT2D eigenvalue weighted by Gasteiger charge is 2.18. The van der Waals surface area contributed by atoms with E-state index < -0.39 is 5.66 Å². The molecule has 0 fully saturated rings. The van der Waals surface area contributed by atoms with E-state index in [0.717, 1.165) is 0 Å². The minimum atomic E-state index is -0.506. The van der Waals surface area contributed by atoms with E-state index in [1.54, 1.807) is 0 Å². The highest BCUT2D eigenvalue weighted by molar-refractivity contribution is 7.80. The summed E-state index contributed by atoms with van der Waals surface area (Å²) in [6, 6.07) is 0.185. The molecule has 100 valence electrons. The molecule has 5 nitrogen and oxygen atoms in total. The normalized spacial score (nSPS) is 13.2. The zero-order valence-electron chi connectivity index (χ0n) is 11.9. The third kappa shape index (κ3) is 10.1. The van der Waals surface area contributed by atoms with Crippen molar-refractivity contribution in [3.63, 3.8) is 0 Å². The second-order valence-electron chi connectivity index (χ2n) is 5.82. The van der Waals surface area contributed by atoms with Crippen LogP contribution < -0.4 is 16.2 Å². The molecule has 0 aromatic rings. The van der Waals surface area contributed by atoms with Crippen LogP contribution >= 0.6 is 12.2 Å². The number of hydrogen-bond donors (Lipinski definition) is 3. The molecule has 0 aliphatic heterocycles. The smallest absolute Gasteiger partial charge is 0.182 e. The Morgan fingerprint density at radius 3 is 2.06 bits per heavy atom. The minimum absolute atomic E-state index is 0.0463. The number of nitrogens with zero attached hydrogens (tertiary/aromatic N) is 2. The zero-order chi connectivity index (χ0) is 13.7. The fourth-order valence-corrected chi connectivity index (χ4v) is 1.14. The first-order chi connectivity index (χ1) is 7.52. The van der Waals surface area contributed by atoms with Gasteiger partial charge in [0, 0.05) is 5.54 Å². The van der Waals surface area contributed by atoms with E-state index in [2.05, 4.69) is 26.4 Å². The SMILES string of the molecule is CC(C)N=NC(C)(C)NC(=S)NNC(C)(C)C. The van der Waals surface area contributed by atoms with Crippen LogP contribution in [0.2, 0.25) is 0 Å². The predicted octanol–water partition coefficient (Wildman–Crippen LogP) is 2.35. The summed E-state index contributed by atoms with van der Waals surface area (Å²) >= 11 is 5.16. The van der Waals surface area contributed by atoms with Gasteiger partial charge >= 0.3 is 0 Å². The monoisotopic (exact) mass is 259 g/mol. The zero-order valence-corrected chi connectivity index (χ0v) is 12.7. The van der Waals surface area contributed by atoms with Gasteiger partial charge in [0.05, 0.1) is 6.04 Å². The van der Waals surface area contributed by atoms with Gasteiger partial charge in [0.15, 0.2) is 5.11 Å². The molecule has 0 aliphatic rings. The van der Waals surface area contributed by atoms with E-state index in [-0.39, 0.29) is 11.6 Å². The molecular formula is C11H25N5S. The first-order valence-electron chi connectivity index (χ1n) is 5.79. The number of nitrogens with one attached hydrogen (secondary N) is 3. The van der Waals surface area contributed by atoms with Crippen molar-refractivity contribution in [2.24, 2.45) is 10.2 Å². The van der Waals surface area contributed by atoms with Crippen LogP contribution in [0.4, 0.5) is 0 Å². The van der Waals surface area contributed by atoms with Crippen molar-refractivity contribution in [2.45, 2.75) is 65.7 Å². The molecule has 0 saturated heterocycles. The highest BCUT2D eigenvalue weighted by atomic mass is 32.1. The second kappa shape index (κ2) is 6.26. The molecular weight excluding hydrogens is 234 g/mol. The van der Waals surface area contributed by atoms with E-state index in [1.165, 1.54) is 0 Å². The lowest BCUT2D eigenvalue weighted by molar-refractivity contribution is 0.388. The summed E-state index contributed by atoms with van der Waals surface area (Å²) in [5.74, 6) is 0. The summed E-state index contributed by atoms with van der Waals surface area (Å²) in [5, 5.41) is 11.9. The lowest BCUT2D eigenvalue weighted by atomic mass is 10.1. The fourth-order valence-electron chi connectivity index (χ4n) is 0.838. The molecule has 6 heteroatoms. The Morgan fingerprint density at radius 2 is 1.65 bits per heavy atom. The van der Waals surface area contributed by atoms with Crippen LogP contribution in [0.1, 0.15) is 48.5 Å². The molecule has 0 rings (SSSR count). The molecule has 0 saturated carbocycles. The Balaban J connectivity index is 4.19. The topological polar surface area (TPSA) is 60.8 Å². The summed E-state index contributed by atoms with van der Waals surface area (Å²) in [6.07, 6.45) is 0. The van der Waals surface area contributed by atoms with E-state index in [4.69, 9.17) is 12.2 Å². The van der Waals surface area contributed by atoms with Crippen molar-refractivity contribution in [3.05, 3.63) is 0 Å². The van der Waals surface area contributed by atoms with Crippen LogP contribution in [0.25, 0.3) is 0 Å². The van der Waals surface area contributed by atoms with E-state index in [9.17, 15) is 0 Å². The number of azo groups is 1. The molecule has 0 unspecified atom stereocenters. The van der Waals surface area contributed by atoms with Gasteiger partial charge in [0.1, 0.15) is 5.66 Å². The van der Waals surface area contributed by atoms with E-state index in [1.807, 2.05) is 48.5 Å². The summed E-state index contributed by atoms with van der Waals surface area (Å²) in [5.41, 5.74) is 5.47. The number of hydrazine groups is 1. The number of thiocarbonyl (C=S) groups is 1. The van der Waals surface area contributed by atoms with Crippen molar-refractivity contribution in [3.8, 4) is 0 Å². The highest BCUT2D eigenvalue weighted by Crippen LogP contribution is 2.06. The van der Waals surface area contributed by atoms with Gasteiger partial charge in [0.25, 0.3) is 0 Å². The molecule has 0 radical (unpaired) electrons. The third-order valence-electron chi connectivity index (χ3n) is 1.51. The lowest BCUT2D eigenvalue weighted by Gasteiger charge is -2.26. The van der Waals surface area contributed by atoms with E-state index in [0.29, 0.717) is 5.11 Å². The number of rotatable bonds is 4. The summed E-state index contributed by atoms with van der Waals surface area (Å²) in [6.45, 7) is 14.0. The van der Waals surface area contributed by atoms with Crippen LogP contribution in [-0.2, 0) is 0 Å². The van der Waals surface area contributed by atoms with Gasteiger partial charge < -0.3 is 5.32 Å². The lowest BCUT2D eigenvalue weighted by Crippen LogP contribution is -2.55. The molecule has 0 aromatic heterocycles. The number of hydrogen-bond acceptors (Lipinski definition) is 4. The largest absolute Gasteiger partial charge is 0.336 e. The van der Waals surface area contributed by atoms with Crippen LogP contribution in [0.3, 0.4) is 0 Å². The second-order valence-corrected chi connectivity index (χ2v) is 6.23. The molecule has 0 atom stereocenters. The minimum Gasteiger partial charge on any atom is -0.336 e. The molecule has 0 aliphatic carbocycles. The van der Waals surface area contributed by atoms with Gasteiger partial charge in [-0.25, -0.2) is 5.43 Å². The molecule has 0 amide bonds. The van der Waals surface area contributed by atoms with Crippen molar-refractivity contribution >= 4 is 17.3 Å². The fraction of sp³-hybridized carbons (Fsp3) is 0.909. The van der Waals surface area contributed by atoms with Crippen molar-refractivity contribution < 1.29 is 0 Å². The Bertz CT molecular complexity index is 278. The van der Waals surface area contributed by atoms with Crippen molar-refractivity contribution in [2.75, 3.05) is 0 Å². The average Bonchev–Trinajstić information content (AvgIpc) is 2.10.